The summed E-state index contributed by atoms with van der Waals surface area (Å²) in [6.07, 6.45) is 1.43. The molecule has 1 aliphatic heterocycles. The second kappa shape index (κ2) is 9.44. The highest BCUT2D eigenvalue weighted by Crippen LogP contribution is 2.27. The maximum Gasteiger partial charge on any atom is 0.267 e. The first-order valence-electron chi connectivity index (χ1n) is 10.6. The van der Waals surface area contributed by atoms with Gasteiger partial charge in [0.15, 0.2) is 5.13 Å². The van der Waals surface area contributed by atoms with Crippen molar-refractivity contribution < 1.29 is 9.59 Å². The van der Waals surface area contributed by atoms with Gasteiger partial charge in [0, 0.05) is 36.1 Å². The molecule has 1 aliphatic rings. The Bertz CT molecular complexity index is 1100. The maximum absolute atomic E-state index is 12.8. The summed E-state index contributed by atoms with van der Waals surface area (Å²) in [4.78, 5) is 41.4. The molecule has 0 aliphatic carbocycles. The number of nitrogens with one attached hydrogen (secondary N) is 2. The van der Waals surface area contributed by atoms with Crippen LogP contribution in [0.4, 0.5) is 16.8 Å². The third-order valence-electron chi connectivity index (χ3n) is 5.38. The number of anilines is 3. The van der Waals surface area contributed by atoms with Crippen LogP contribution in [0.25, 0.3) is 0 Å². The second-order valence-electron chi connectivity index (χ2n) is 7.95. The van der Waals surface area contributed by atoms with E-state index in [4.69, 9.17) is 0 Å². The fourth-order valence-corrected chi connectivity index (χ4v) is 4.63. The highest BCUT2D eigenvalue weighted by atomic mass is 32.1. The number of para-hydroxylation sites is 1. The minimum atomic E-state index is -0.228. The van der Waals surface area contributed by atoms with E-state index in [0.717, 1.165) is 36.1 Å². The topological polar surface area (TPSA) is 100 Å². The van der Waals surface area contributed by atoms with Crippen molar-refractivity contribution in [2.45, 2.75) is 33.6 Å². The van der Waals surface area contributed by atoms with E-state index in [1.165, 1.54) is 11.3 Å². The van der Waals surface area contributed by atoms with Crippen LogP contribution in [0.15, 0.2) is 36.4 Å². The molecule has 0 spiro atoms. The number of aromatic nitrogens is 3. The van der Waals surface area contributed by atoms with E-state index in [9.17, 15) is 9.59 Å². The van der Waals surface area contributed by atoms with E-state index in [2.05, 4.69) is 30.5 Å². The Hall–Kier alpha value is -3.33. The molecule has 9 heteroatoms. The molecule has 2 aromatic heterocycles. The number of nitrogens with zero attached hydrogens (tertiary/aromatic N) is 4. The zero-order valence-electron chi connectivity index (χ0n) is 18.4. The van der Waals surface area contributed by atoms with Crippen LogP contribution in [0.5, 0.6) is 0 Å². The standard InChI is InChI=1S/C23H26N6O2S/c1-14-13-15(2)25-22(24-14)29-11-9-17(10-12-29)20(30)28-23-26-16(3)19(32-23)21(31)27-18-7-5-4-6-8-18/h4-8,13,17H,9-12H2,1-3H3,(H,27,31)(H,26,28,30). The van der Waals surface area contributed by atoms with Crippen LogP contribution < -0.4 is 15.5 Å². The lowest BCUT2D eigenvalue weighted by Crippen LogP contribution is -2.39. The number of carbonyl (C=O) groups is 2. The average molecular weight is 451 g/mol. The van der Waals surface area contributed by atoms with Crippen molar-refractivity contribution in [1.29, 1.82) is 0 Å². The lowest BCUT2D eigenvalue weighted by atomic mass is 9.96. The Morgan fingerprint density at radius 2 is 1.62 bits per heavy atom. The lowest BCUT2D eigenvalue weighted by molar-refractivity contribution is -0.120. The number of amides is 2. The molecule has 4 rings (SSSR count). The van der Waals surface area contributed by atoms with Crippen molar-refractivity contribution in [1.82, 2.24) is 15.0 Å². The molecule has 2 amide bonds. The molecule has 1 saturated heterocycles. The molecule has 32 heavy (non-hydrogen) atoms. The first-order valence-corrected chi connectivity index (χ1v) is 11.4. The molecular formula is C23H26N6O2S. The van der Waals surface area contributed by atoms with Crippen molar-refractivity contribution in [2.75, 3.05) is 28.6 Å². The SMILES string of the molecule is Cc1cc(C)nc(N2CCC(C(=O)Nc3nc(C)c(C(=O)Nc4ccccc4)s3)CC2)n1. The third-order valence-corrected chi connectivity index (χ3v) is 6.46. The zero-order chi connectivity index (χ0) is 22.7. The smallest absolute Gasteiger partial charge is 0.267 e. The Balaban J connectivity index is 1.34. The molecule has 3 aromatic rings. The van der Waals surface area contributed by atoms with Crippen LogP contribution in [0.2, 0.25) is 0 Å². The number of piperidine rings is 1. The minimum Gasteiger partial charge on any atom is -0.341 e. The van der Waals surface area contributed by atoms with E-state index in [1.807, 2.05) is 50.2 Å². The largest absolute Gasteiger partial charge is 0.341 e. The predicted octanol–water partition coefficient (Wildman–Crippen LogP) is 3.97. The minimum absolute atomic E-state index is 0.0604. The Labute approximate surface area is 191 Å². The van der Waals surface area contributed by atoms with Crippen molar-refractivity contribution >= 4 is 39.9 Å². The molecule has 0 saturated carbocycles. The van der Waals surface area contributed by atoms with Crippen LogP contribution in [-0.2, 0) is 4.79 Å². The van der Waals surface area contributed by atoms with Gasteiger partial charge in [-0.1, -0.05) is 29.5 Å². The summed E-state index contributed by atoms with van der Waals surface area (Å²) < 4.78 is 0. The molecule has 0 unspecified atom stereocenters. The predicted molar refractivity (Wildman–Crippen MR) is 126 cm³/mol. The fourth-order valence-electron chi connectivity index (χ4n) is 3.77. The van der Waals surface area contributed by atoms with Crippen molar-refractivity contribution in [3.8, 4) is 0 Å². The van der Waals surface area contributed by atoms with E-state index in [1.54, 1.807) is 6.92 Å². The van der Waals surface area contributed by atoms with Crippen molar-refractivity contribution in [2.24, 2.45) is 5.92 Å². The summed E-state index contributed by atoms with van der Waals surface area (Å²) in [6, 6.07) is 11.2. The van der Waals surface area contributed by atoms with Gasteiger partial charge in [-0.2, -0.15) is 0 Å². The number of hydrogen-bond acceptors (Lipinski definition) is 7. The quantitative estimate of drug-likeness (QED) is 0.610. The van der Waals surface area contributed by atoms with Gasteiger partial charge in [0.25, 0.3) is 5.91 Å². The van der Waals surface area contributed by atoms with Gasteiger partial charge in [-0.25, -0.2) is 15.0 Å². The van der Waals surface area contributed by atoms with E-state index in [0.29, 0.717) is 28.5 Å². The molecule has 2 N–H and O–H groups in total. The van der Waals surface area contributed by atoms with Gasteiger partial charge >= 0.3 is 0 Å². The highest BCUT2D eigenvalue weighted by molar-refractivity contribution is 7.17. The molecule has 3 heterocycles. The van der Waals surface area contributed by atoms with Gasteiger partial charge in [0.1, 0.15) is 4.88 Å². The summed E-state index contributed by atoms with van der Waals surface area (Å²) >= 11 is 1.19. The third kappa shape index (κ3) is 5.11. The highest BCUT2D eigenvalue weighted by Gasteiger charge is 2.27. The summed E-state index contributed by atoms with van der Waals surface area (Å²) in [7, 11) is 0. The molecule has 1 aromatic carbocycles. The monoisotopic (exact) mass is 450 g/mol. The summed E-state index contributed by atoms with van der Waals surface area (Å²) in [5.74, 6) is 0.331. The van der Waals surface area contributed by atoms with Crippen LogP contribution >= 0.6 is 11.3 Å². The van der Waals surface area contributed by atoms with Crippen molar-refractivity contribution in [3.05, 3.63) is 58.4 Å². The Morgan fingerprint density at radius 1 is 0.969 bits per heavy atom. The first-order chi connectivity index (χ1) is 15.4. The summed E-state index contributed by atoms with van der Waals surface area (Å²) in [5, 5.41) is 6.21. The molecular weight excluding hydrogens is 424 g/mol. The molecule has 8 nitrogen and oxygen atoms in total. The van der Waals surface area contributed by atoms with E-state index < -0.39 is 0 Å². The van der Waals surface area contributed by atoms with E-state index in [-0.39, 0.29) is 17.7 Å². The molecule has 0 radical (unpaired) electrons. The second-order valence-corrected chi connectivity index (χ2v) is 8.95. The van der Waals surface area contributed by atoms with Crippen LogP contribution in [0, 0.1) is 26.7 Å². The van der Waals surface area contributed by atoms with Gasteiger partial charge < -0.3 is 15.5 Å². The lowest BCUT2D eigenvalue weighted by Gasteiger charge is -2.31. The van der Waals surface area contributed by atoms with Crippen LogP contribution in [0.3, 0.4) is 0 Å². The zero-order valence-corrected chi connectivity index (χ0v) is 19.2. The molecule has 0 atom stereocenters. The van der Waals surface area contributed by atoms with Gasteiger partial charge in [-0.05, 0) is 51.8 Å². The van der Waals surface area contributed by atoms with Gasteiger partial charge in [-0.3, -0.25) is 9.59 Å². The molecule has 0 bridgehead atoms. The first kappa shape index (κ1) is 21.9. The number of thiazole rings is 1. The average Bonchev–Trinajstić information content (AvgIpc) is 3.14. The van der Waals surface area contributed by atoms with E-state index >= 15 is 0 Å². The molecule has 166 valence electrons. The number of aryl methyl sites for hydroxylation is 3. The number of benzene rings is 1. The van der Waals surface area contributed by atoms with Crippen LogP contribution in [0.1, 0.15) is 39.6 Å². The van der Waals surface area contributed by atoms with Crippen molar-refractivity contribution in [3.63, 3.8) is 0 Å². The van der Waals surface area contributed by atoms with Gasteiger partial charge in [0.2, 0.25) is 11.9 Å². The normalized spacial score (nSPS) is 14.3. The maximum atomic E-state index is 12.8. The Morgan fingerprint density at radius 3 is 2.28 bits per heavy atom. The Kier molecular flexibility index (Phi) is 6.45. The fraction of sp³-hybridized carbons (Fsp3) is 0.348. The van der Waals surface area contributed by atoms with Gasteiger partial charge in [-0.15, -0.1) is 0 Å². The summed E-state index contributed by atoms with van der Waals surface area (Å²) in [6.45, 7) is 7.14. The van der Waals surface area contributed by atoms with Gasteiger partial charge in [0.05, 0.1) is 5.69 Å². The number of hydrogen-bond donors (Lipinski definition) is 2. The molecule has 1 fully saturated rings. The summed E-state index contributed by atoms with van der Waals surface area (Å²) in [5.41, 5.74) is 3.20. The number of carbonyl (C=O) groups excluding carboxylic acids is 2. The number of rotatable bonds is 5. The van der Waals surface area contributed by atoms with Crippen LogP contribution in [-0.4, -0.2) is 39.9 Å².